The van der Waals surface area contributed by atoms with Crippen LogP contribution in [0.25, 0.3) is 0 Å². The van der Waals surface area contributed by atoms with E-state index >= 15 is 0 Å². The molecular weight excluding hydrogens is 219 g/mol. The van der Waals surface area contributed by atoms with Gasteiger partial charge in [0.25, 0.3) is 0 Å². The zero-order chi connectivity index (χ0) is 10.4. The maximum Gasteiger partial charge on any atom is 0.155 e. The number of hydrogen-bond acceptors (Lipinski definition) is 2. The van der Waals surface area contributed by atoms with Crippen LogP contribution in [0.5, 0.6) is 0 Å². The van der Waals surface area contributed by atoms with Crippen LogP contribution in [0, 0.1) is 12.3 Å². The van der Waals surface area contributed by atoms with Crippen LogP contribution in [-0.2, 0) is 6.42 Å². The molecule has 14 heavy (non-hydrogen) atoms. The maximum atomic E-state index is 5.84. The Labute approximate surface area is 93.6 Å². The summed E-state index contributed by atoms with van der Waals surface area (Å²) >= 11 is 11.5. The van der Waals surface area contributed by atoms with Crippen LogP contribution in [-0.4, -0.2) is 10.2 Å². The topological polar surface area (TPSA) is 25.8 Å². The van der Waals surface area contributed by atoms with Crippen LogP contribution >= 0.6 is 23.2 Å². The second-order valence-electron chi connectivity index (χ2n) is 2.89. The Balaban J connectivity index is 2.50. The SMILES string of the molecule is C#CCCCCc1cc(Cl)nnc1Cl. The van der Waals surface area contributed by atoms with Crippen molar-refractivity contribution in [2.75, 3.05) is 0 Å². The van der Waals surface area contributed by atoms with Gasteiger partial charge >= 0.3 is 0 Å². The maximum absolute atomic E-state index is 5.84. The molecule has 0 fully saturated rings. The summed E-state index contributed by atoms with van der Waals surface area (Å²) in [6.07, 6.45) is 8.77. The first-order valence-electron chi connectivity index (χ1n) is 4.35. The Morgan fingerprint density at radius 3 is 2.79 bits per heavy atom. The largest absolute Gasteiger partial charge is 0.155 e. The van der Waals surface area contributed by atoms with Gasteiger partial charge in [-0.1, -0.05) is 23.2 Å². The van der Waals surface area contributed by atoms with Gasteiger partial charge < -0.3 is 0 Å². The molecule has 0 N–H and O–H groups in total. The molecule has 0 aliphatic heterocycles. The summed E-state index contributed by atoms with van der Waals surface area (Å²) < 4.78 is 0. The van der Waals surface area contributed by atoms with Gasteiger partial charge in [-0.3, -0.25) is 0 Å². The van der Waals surface area contributed by atoms with Gasteiger partial charge in [0.05, 0.1) is 0 Å². The molecule has 0 spiro atoms. The zero-order valence-corrected chi connectivity index (χ0v) is 9.15. The summed E-state index contributed by atoms with van der Waals surface area (Å²) in [5.74, 6) is 2.59. The molecule has 0 bridgehead atoms. The molecular formula is C10H10Cl2N2. The zero-order valence-electron chi connectivity index (χ0n) is 7.63. The van der Waals surface area contributed by atoms with Gasteiger partial charge in [0.1, 0.15) is 0 Å². The van der Waals surface area contributed by atoms with Crippen molar-refractivity contribution in [3.8, 4) is 12.3 Å². The highest BCUT2D eigenvalue weighted by Crippen LogP contribution is 2.17. The fourth-order valence-electron chi connectivity index (χ4n) is 1.11. The molecule has 0 aromatic carbocycles. The Hall–Kier alpha value is -0.780. The first-order chi connectivity index (χ1) is 6.74. The number of nitrogens with zero attached hydrogens (tertiary/aromatic N) is 2. The molecule has 1 aromatic rings. The first kappa shape index (κ1) is 11.3. The minimum Gasteiger partial charge on any atom is -0.137 e. The van der Waals surface area contributed by atoms with E-state index < -0.39 is 0 Å². The van der Waals surface area contributed by atoms with Gasteiger partial charge in [-0.25, -0.2) is 0 Å². The van der Waals surface area contributed by atoms with Crippen molar-refractivity contribution in [1.29, 1.82) is 0 Å². The molecule has 0 aliphatic rings. The molecule has 0 saturated carbocycles. The molecule has 74 valence electrons. The number of aromatic nitrogens is 2. The van der Waals surface area contributed by atoms with Gasteiger partial charge in [0, 0.05) is 6.42 Å². The predicted octanol–water partition coefficient (Wildman–Crippen LogP) is 3.13. The highest BCUT2D eigenvalue weighted by Gasteiger charge is 2.03. The number of unbranched alkanes of at least 4 members (excludes halogenated alkanes) is 2. The average Bonchev–Trinajstić information content (AvgIpc) is 2.18. The van der Waals surface area contributed by atoms with Crippen molar-refractivity contribution < 1.29 is 0 Å². The molecule has 1 aromatic heterocycles. The minimum absolute atomic E-state index is 0.376. The third kappa shape index (κ3) is 3.53. The minimum atomic E-state index is 0.376. The van der Waals surface area contributed by atoms with E-state index in [2.05, 4.69) is 16.1 Å². The second-order valence-corrected chi connectivity index (χ2v) is 3.64. The standard InChI is InChI=1S/C10H10Cl2N2/c1-2-3-4-5-6-8-7-9(11)13-14-10(8)12/h1,7H,3-6H2. The van der Waals surface area contributed by atoms with E-state index in [4.69, 9.17) is 29.6 Å². The number of hydrogen-bond donors (Lipinski definition) is 0. The van der Waals surface area contributed by atoms with Crippen LogP contribution < -0.4 is 0 Å². The quantitative estimate of drug-likeness (QED) is 0.585. The third-order valence-electron chi connectivity index (χ3n) is 1.81. The second kappa shape index (κ2) is 5.85. The van der Waals surface area contributed by atoms with E-state index in [9.17, 15) is 0 Å². The van der Waals surface area contributed by atoms with Crippen LogP contribution in [0.2, 0.25) is 10.3 Å². The predicted molar refractivity (Wildman–Crippen MR) is 58.4 cm³/mol. The number of halogens is 2. The van der Waals surface area contributed by atoms with Crippen LogP contribution in [0.3, 0.4) is 0 Å². The lowest BCUT2D eigenvalue weighted by Gasteiger charge is -2.01. The fourth-order valence-corrected chi connectivity index (χ4v) is 1.46. The van der Waals surface area contributed by atoms with Gasteiger partial charge in [-0.2, -0.15) is 0 Å². The molecule has 4 heteroatoms. The molecule has 0 atom stereocenters. The van der Waals surface area contributed by atoms with Gasteiger partial charge in [-0.05, 0) is 30.9 Å². The summed E-state index contributed by atoms with van der Waals surface area (Å²) in [6.45, 7) is 0. The number of aryl methyl sites for hydroxylation is 1. The molecule has 0 unspecified atom stereocenters. The molecule has 0 radical (unpaired) electrons. The Kier molecular flexibility index (Phi) is 4.72. The lowest BCUT2D eigenvalue weighted by Crippen LogP contribution is -1.92. The molecule has 1 rings (SSSR count). The van der Waals surface area contributed by atoms with Gasteiger partial charge in [-0.15, -0.1) is 22.5 Å². The monoisotopic (exact) mass is 228 g/mol. The highest BCUT2D eigenvalue weighted by atomic mass is 35.5. The van der Waals surface area contributed by atoms with Crippen molar-refractivity contribution in [3.63, 3.8) is 0 Å². The smallest absolute Gasteiger partial charge is 0.137 e. The van der Waals surface area contributed by atoms with E-state index in [1.165, 1.54) is 0 Å². The molecule has 2 nitrogen and oxygen atoms in total. The lowest BCUT2D eigenvalue weighted by molar-refractivity contribution is 0.751. The molecule has 0 amide bonds. The Bertz CT molecular complexity index is 344. The van der Waals surface area contributed by atoms with Crippen molar-refractivity contribution in [3.05, 3.63) is 21.9 Å². The number of rotatable bonds is 4. The van der Waals surface area contributed by atoms with Crippen LogP contribution in [0.15, 0.2) is 6.07 Å². The summed E-state index contributed by atoms with van der Waals surface area (Å²) in [7, 11) is 0. The summed E-state index contributed by atoms with van der Waals surface area (Å²) in [5.41, 5.74) is 0.934. The van der Waals surface area contributed by atoms with E-state index in [1.54, 1.807) is 6.07 Å². The van der Waals surface area contributed by atoms with E-state index in [0.717, 1.165) is 31.2 Å². The highest BCUT2D eigenvalue weighted by molar-refractivity contribution is 6.31. The van der Waals surface area contributed by atoms with E-state index in [1.807, 2.05) is 0 Å². The van der Waals surface area contributed by atoms with Crippen molar-refractivity contribution in [2.45, 2.75) is 25.7 Å². The first-order valence-corrected chi connectivity index (χ1v) is 5.10. The van der Waals surface area contributed by atoms with Gasteiger partial charge in [0.15, 0.2) is 10.3 Å². The normalized spacial score (nSPS) is 9.79. The van der Waals surface area contributed by atoms with Crippen LogP contribution in [0.1, 0.15) is 24.8 Å². The van der Waals surface area contributed by atoms with Gasteiger partial charge in [0.2, 0.25) is 0 Å². The molecule has 1 heterocycles. The summed E-state index contributed by atoms with van der Waals surface area (Å²) in [4.78, 5) is 0. The lowest BCUT2D eigenvalue weighted by atomic mass is 10.1. The average molecular weight is 229 g/mol. The van der Waals surface area contributed by atoms with Crippen LogP contribution in [0.4, 0.5) is 0 Å². The fraction of sp³-hybridized carbons (Fsp3) is 0.400. The summed E-state index contributed by atoms with van der Waals surface area (Å²) in [5, 5.41) is 8.16. The molecule has 0 saturated heterocycles. The molecule has 0 aliphatic carbocycles. The van der Waals surface area contributed by atoms with Crippen molar-refractivity contribution >= 4 is 23.2 Å². The third-order valence-corrected chi connectivity index (χ3v) is 2.31. The Morgan fingerprint density at radius 2 is 2.07 bits per heavy atom. The number of terminal acetylenes is 1. The Morgan fingerprint density at radius 1 is 1.29 bits per heavy atom. The summed E-state index contributed by atoms with van der Waals surface area (Å²) in [6, 6.07) is 1.74. The van der Waals surface area contributed by atoms with E-state index in [-0.39, 0.29) is 0 Å². The van der Waals surface area contributed by atoms with E-state index in [0.29, 0.717) is 10.3 Å². The van der Waals surface area contributed by atoms with Crippen molar-refractivity contribution in [1.82, 2.24) is 10.2 Å². The van der Waals surface area contributed by atoms with Crippen molar-refractivity contribution in [2.24, 2.45) is 0 Å².